The van der Waals surface area contributed by atoms with E-state index in [2.05, 4.69) is 0 Å². The highest BCUT2D eigenvalue weighted by molar-refractivity contribution is 5.92. The third-order valence-corrected chi connectivity index (χ3v) is 10.1. The van der Waals surface area contributed by atoms with E-state index < -0.39 is 23.7 Å². The van der Waals surface area contributed by atoms with Crippen LogP contribution in [0, 0.1) is 0 Å². The Bertz CT molecular complexity index is 2360. The average Bonchev–Trinajstić information content (AvgIpc) is 3.18. The molecule has 6 aromatic rings. The van der Waals surface area contributed by atoms with Gasteiger partial charge in [-0.15, -0.1) is 0 Å². The van der Waals surface area contributed by atoms with Crippen LogP contribution in [0.25, 0.3) is 22.8 Å². The first-order valence-electron chi connectivity index (χ1n) is 16.2. The molecule has 6 aromatic carbocycles. The van der Waals surface area contributed by atoms with E-state index in [0.717, 1.165) is 0 Å². The van der Waals surface area contributed by atoms with E-state index in [1.165, 1.54) is 60.7 Å². The maximum absolute atomic E-state index is 11.9. The first-order chi connectivity index (χ1) is 24.5. The number of benzene rings is 6. The molecule has 51 heavy (non-hydrogen) atoms. The first kappa shape index (κ1) is 31.5. The molecule has 2 aliphatic carbocycles. The van der Waals surface area contributed by atoms with E-state index in [4.69, 9.17) is 0 Å². The second kappa shape index (κ2) is 11.7. The number of phenols is 9. The Balaban J connectivity index is 1.59. The molecular formula is C42H32O9. The highest BCUT2D eigenvalue weighted by Gasteiger charge is 2.50. The van der Waals surface area contributed by atoms with Crippen LogP contribution in [0.2, 0.25) is 0 Å². The van der Waals surface area contributed by atoms with Crippen molar-refractivity contribution in [1.82, 2.24) is 0 Å². The molecule has 0 spiro atoms. The maximum atomic E-state index is 11.9. The van der Waals surface area contributed by atoms with Gasteiger partial charge < -0.3 is 46.0 Å². The Kier molecular flexibility index (Phi) is 7.23. The van der Waals surface area contributed by atoms with Crippen LogP contribution < -0.4 is 0 Å². The monoisotopic (exact) mass is 680 g/mol. The van der Waals surface area contributed by atoms with Crippen LogP contribution in [-0.2, 0) is 0 Å². The van der Waals surface area contributed by atoms with Gasteiger partial charge in [-0.05, 0) is 105 Å². The minimum atomic E-state index is -0.773. The van der Waals surface area contributed by atoms with Crippen LogP contribution in [0.4, 0.5) is 0 Å². The lowest BCUT2D eigenvalue weighted by Gasteiger charge is -2.43. The van der Waals surface area contributed by atoms with Crippen molar-refractivity contribution in [1.29, 1.82) is 0 Å². The zero-order valence-corrected chi connectivity index (χ0v) is 26.8. The number of fused-ring (bicyclic) bond motifs is 7. The summed E-state index contributed by atoms with van der Waals surface area (Å²) in [6.45, 7) is 0. The smallest absolute Gasteiger partial charge is 0.127 e. The zero-order valence-electron chi connectivity index (χ0n) is 26.8. The van der Waals surface area contributed by atoms with Gasteiger partial charge in [-0.1, -0.05) is 36.4 Å². The lowest BCUT2D eigenvalue weighted by atomic mass is 9.60. The predicted octanol–water partition coefficient (Wildman–Crippen LogP) is 8.05. The lowest BCUT2D eigenvalue weighted by Crippen LogP contribution is -2.27. The molecule has 9 N–H and O–H groups in total. The number of hydrogen-bond acceptors (Lipinski definition) is 9. The van der Waals surface area contributed by atoms with Crippen LogP contribution >= 0.6 is 0 Å². The highest BCUT2D eigenvalue weighted by Crippen LogP contribution is 2.67. The molecular weight excluding hydrogens is 648 g/mol. The Hall–Kier alpha value is -6.74. The number of allylic oxidation sites excluding steroid dienone is 1. The molecule has 0 heterocycles. The molecule has 8 rings (SSSR count). The van der Waals surface area contributed by atoms with Crippen molar-refractivity contribution >= 4 is 11.6 Å². The van der Waals surface area contributed by atoms with Gasteiger partial charge >= 0.3 is 0 Å². The maximum Gasteiger partial charge on any atom is 0.127 e. The summed E-state index contributed by atoms with van der Waals surface area (Å²) in [7, 11) is 0. The summed E-state index contributed by atoms with van der Waals surface area (Å²) in [5.41, 5.74) is 5.22. The van der Waals surface area contributed by atoms with Gasteiger partial charge in [0.15, 0.2) is 0 Å². The molecule has 0 amide bonds. The lowest BCUT2D eigenvalue weighted by molar-refractivity contribution is 0.419. The van der Waals surface area contributed by atoms with Crippen molar-refractivity contribution in [2.24, 2.45) is 0 Å². The van der Waals surface area contributed by atoms with E-state index in [-0.39, 0.29) is 51.7 Å². The summed E-state index contributed by atoms with van der Waals surface area (Å²) in [5.74, 6) is -4.23. The molecule has 2 aliphatic rings. The number of hydrogen-bond donors (Lipinski definition) is 9. The molecule has 0 unspecified atom stereocenters. The number of aromatic hydroxyl groups is 9. The minimum absolute atomic E-state index is 0.0141. The Morgan fingerprint density at radius 1 is 0.392 bits per heavy atom. The summed E-state index contributed by atoms with van der Waals surface area (Å²) in [6, 6.07) is 27.7. The first-order valence-corrected chi connectivity index (χ1v) is 16.2. The Morgan fingerprint density at radius 3 is 1.63 bits per heavy atom. The molecule has 9 nitrogen and oxygen atoms in total. The molecule has 0 bridgehead atoms. The SMILES string of the molecule is Oc1ccc(/C=C2\c3cc(O)cc(O)c3[C@@H](c3ccc(O)cc3)[C@@H]3c4cc(O)cc(O)c4-c4cc(O)ccc4[C@@H]3[C@@H]2c2cc(O)cc(O)c2)cc1. The van der Waals surface area contributed by atoms with Crippen molar-refractivity contribution in [3.63, 3.8) is 0 Å². The molecule has 0 saturated heterocycles. The van der Waals surface area contributed by atoms with Crippen molar-refractivity contribution in [2.45, 2.75) is 23.7 Å². The average molecular weight is 681 g/mol. The van der Waals surface area contributed by atoms with Gasteiger partial charge in [0.1, 0.15) is 51.7 Å². The van der Waals surface area contributed by atoms with Gasteiger partial charge in [-0.3, -0.25) is 0 Å². The molecule has 0 aliphatic heterocycles. The van der Waals surface area contributed by atoms with Gasteiger partial charge in [-0.25, -0.2) is 0 Å². The van der Waals surface area contributed by atoms with E-state index in [9.17, 15) is 46.0 Å². The van der Waals surface area contributed by atoms with Gasteiger partial charge in [0.05, 0.1) is 0 Å². The van der Waals surface area contributed by atoms with Crippen molar-refractivity contribution in [2.75, 3.05) is 0 Å². The number of rotatable bonds is 3. The van der Waals surface area contributed by atoms with Crippen LogP contribution in [0.5, 0.6) is 51.7 Å². The van der Waals surface area contributed by atoms with Crippen LogP contribution in [0.1, 0.15) is 62.6 Å². The van der Waals surface area contributed by atoms with Crippen LogP contribution in [0.15, 0.2) is 109 Å². The van der Waals surface area contributed by atoms with E-state index in [0.29, 0.717) is 55.6 Å². The van der Waals surface area contributed by atoms with Crippen LogP contribution in [0.3, 0.4) is 0 Å². The molecule has 0 saturated carbocycles. The van der Waals surface area contributed by atoms with Crippen LogP contribution in [-0.4, -0.2) is 46.0 Å². The molecule has 0 fully saturated rings. The number of phenolic OH excluding ortho intramolecular Hbond substituents is 9. The van der Waals surface area contributed by atoms with Gasteiger partial charge in [-0.2, -0.15) is 0 Å². The van der Waals surface area contributed by atoms with E-state index in [1.807, 2.05) is 6.08 Å². The second-order valence-electron chi connectivity index (χ2n) is 13.2. The van der Waals surface area contributed by atoms with Crippen molar-refractivity contribution in [3.05, 3.63) is 148 Å². The largest absolute Gasteiger partial charge is 0.508 e. The molecule has 254 valence electrons. The fourth-order valence-corrected chi connectivity index (χ4v) is 8.29. The molecule has 0 aromatic heterocycles. The zero-order chi connectivity index (χ0) is 35.7. The second-order valence-corrected chi connectivity index (χ2v) is 13.2. The third-order valence-electron chi connectivity index (χ3n) is 10.1. The van der Waals surface area contributed by atoms with Gasteiger partial charge in [0.2, 0.25) is 0 Å². The summed E-state index contributed by atoms with van der Waals surface area (Å²) in [5, 5.41) is 98.5. The molecule has 9 heteroatoms. The van der Waals surface area contributed by atoms with Gasteiger partial charge in [0.25, 0.3) is 0 Å². The normalized spacial score (nSPS) is 19.7. The third kappa shape index (κ3) is 5.27. The van der Waals surface area contributed by atoms with E-state index in [1.54, 1.807) is 48.5 Å². The topological polar surface area (TPSA) is 182 Å². The predicted molar refractivity (Wildman–Crippen MR) is 191 cm³/mol. The Labute approximate surface area is 291 Å². The van der Waals surface area contributed by atoms with E-state index >= 15 is 0 Å². The van der Waals surface area contributed by atoms with Crippen molar-refractivity contribution < 1.29 is 46.0 Å². The fourth-order valence-electron chi connectivity index (χ4n) is 8.29. The Morgan fingerprint density at radius 2 is 0.941 bits per heavy atom. The highest BCUT2D eigenvalue weighted by atomic mass is 16.3. The summed E-state index contributed by atoms with van der Waals surface area (Å²) >= 11 is 0. The molecule has 0 radical (unpaired) electrons. The fraction of sp³-hybridized carbons (Fsp3) is 0.0952. The summed E-state index contributed by atoms with van der Waals surface area (Å²) in [4.78, 5) is 0. The standard InChI is InChI=1S/C42H32O9/c43-23-5-1-20(2-6-23)11-31-33-16-28(48)19-36(51)40(33)38(21-3-7-24(44)8-4-21)42-34-17-29(49)18-35(50)39(34)32-15-25(45)9-10-30(32)41(42)37(31)22-12-26(46)14-27(47)13-22/h1-19,37-38,41-51H/b31-11+/t37-,38-,41-,42+/m1/s1. The minimum Gasteiger partial charge on any atom is -0.508 e. The molecule has 4 atom stereocenters. The summed E-state index contributed by atoms with van der Waals surface area (Å²) in [6.07, 6.45) is 1.86. The van der Waals surface area contributed by atoms with Gasteiger partial charge in [0, 0.05) is 53.0 Å². The summed E-state index contributed by atoms with van der Waals surface area (Å²) < 4.78 is 0. The quantitative estimate of drug-likeness (QED) is 0.0893. The van der Waals surface area contributed by atoms with Crippen molar-refractivity contribution in [3.8, 4) is 62.9 Å².